The third-order valence-electron chi connectivity index (χ3n) is 8.66. The number of hydrogen-bond acceptors (Lipinski definition) is 3. The molecule has 2 bridgehead atoms. The molecule has 0 amide bonds. The molecule has 3 nitrogen and oxygen atoms in total. The van der Waals surface area contributed by atoms with Gasteiger partial charge >= 0.3 is 5.97 Å². The van der Waals surface area contributed by atoms with E-state index in [9.17, 15) is 9.90 Å². The molecule has 0 spiro atoms. The molecule has 1 N–H and O–H groups in total. The number of carbonyl (C=O) groups excluding carboxylic acids is 1. The van der Waals surface area contributed by atoms with Crippen LogP contribution in [-0.2, 0) is 9.53 Å². The van der Waals surface area contributed by atoms with Gasteiger partial charge in [0.15, 0.2) is 0 Å². The van der Waals surface area contributed by atoms with Gasteiger partial charge < -0.3 is 9.84 Å². The number of hydrogen-bond donors (Lipinski definition) is 1. The van der Waals surface area contributed by atoms with Gasteiger partial charge in [0.1, 0.15) is 5.60 Å². The average molecular weight is 630 g/mol. The molecule has 0 aromatic heterocycles. The molecule has 3 rings (SSSR count). The van der Waals surface area contributed by atoms with E-state index in [2.05, 4.69) is 66.0 Å². The van der Waals surface area contributed by atoms with Crippen molar-refractivity contribution in [1.29, 1.82) is 0 Å². The summed E-state index contributed by atoms with van der Waals surface area (Å²) in [5.74, 6) is 4.81. The molecule has 9 unspecified atom stereocenters. The van der Waals surface area contributed by atoms with E-state index in [1.807, 2.05) is 0 Å². The van der Waals surface area contributed by atoms with Crippen molar-refractivity contribution in [3.05, 3.63) is 0 Å². The fourth-order valence-electron chi connectivity index (χ4n) is 6.80. The first kappa shape index (κ1) is 24.5. The summed E-state index contributed by atoms with van der Waals surface area (Å²) in [6.45, 7) is 6.79. The van der Waals surface area contributed by atoms with Crippen LogP contribution in [0.25, 0.3) is 0 Å². The molecule has 0 radical (unpaired) electrons. The summed E-state index contributed by atoms with van der Waals surface area (Å²) in [7, 11) is 0. The number of alkyl halides is 2. The summed E-state index contributed by atoms with van der Waals surface area (Å²) in [5, 5.41) is 10.7. The maximum atomic E-state index is 12.6. The van der Waals surface area contributed by atoms with Crippen molar-refractivity contribution in [2.24, 2.45) is 41.4 Å². The van der Waals surface area contributed by atoms with Crippen LogP contribution in [0.15, 0.2) is 0 Å². The minimum Gasteiger partial charge on any atom is -0.459 e. The number of aliphatic hydroxyl groups is 1. The van der Waals surface area contributed by atoms with Crippen LogP contribution in [0, 0.1) is 41.4 Å². The van der Waals surface area contributed by atoms with Crippen molar-refractivity contribution < 1.29 is 14.6 Å². The van der Waals surface area contributed by atoms with Gasteiger partial charge in [0.2, 0.25) is 0 Å². The Hall–Kier alpha value is 0.890. The summed E-state index contributed by atoms with van der Waals surface area (Å²) < 4.78 is 8.43. The lowest BCUT2D eigenvalue weighted by Gasteiger charge is -2.34. The van der Waals surface area contributed by atoms with Crippen molar-refractivity contribution in [3.8, 4) is 0 Å². The molecule has 0 heterocycles. The van der Waals surface area contributed by atoms with Gasteiger partial charge in [-0.15, -0.1) is 0 Å². The minimum absolute atomic E-state index is 0.162. The zero-order chi connectivity index (χ0) is 21.2. The first-order valence-corrected chi connectivity index (χ1v) is 14.9. The maximum absolute atomic E-state index is 12.6. The highest BCUT2D eigenvalue weighted by atomic mass is 127. The number of carbonyl (C=O) groups is 1. The van der Waals surface area contributed by atoms with Crippen molar-refractivity contribution in [1.82, 2.24) is 0 Å². The molecule has 3 saturated carbocycles. The molecule has 3 fully saturated rings. The number of esters is 1. The molecule has 0 aromatic rings. The predicted molar refractivity (Wildman–Crippen MR) is 136 cm³/mol. The Kier molecular flexibility index (Phi) is 9.03. The van der Waals surface area contributed by atoms with Crippen molar-refractivity contribution in [2.45, 2.75) is 90.3 Å². The Morgan fingerprint density at radius 2 is 1.93 bits per heavy atom. The van der Waals surface area contributed by atoms with E-state index in [0.717, 1.165) is 48.9 Å². The van der Waals surface area contributed by atoms with E-state index < -0.39 is 6.10 Å². The van der Waals surface area contributed by atoms with Gasteiger partial charge in [-0.1, -0.05) is 65.5 Å². The summed E-state index contributed by atoms with van der Waals surface area (Å²) in [6.07, 6.45) is 8.72. The molecule has 0 saturated heterocycles. The predicted octanol–water partition coefficient (Wildman–Crippen LogP) is 6.42. The number of aliphatic hydroxyl groups excluding tert-OH is 1. The monoisotopic (exact) mass is 630 g/mol. The highest BCUT2D eigenvalue weighted by Crippen LogP contribution is 2.52. The second-order valence-corrected chi connectivity index (χ2v) is 12.3. The van der Waals surface area contributed by atoms with E-state index in [0.29, 0.717) is 11.8 Å². The molecule has 0 aromatic carbocycles. The van der Waals surface area contributed by atoms with Crippen LogP contribution < -0.4 is 0 Å². The van der Waals surface area contributed by atoms with Gasteiger partial charge in [-0.3, -0.25) is 4.79 Å². The maximum Gasteiger partial charge on any atom is 0.308 e. The van der Waals surface area contributed by atoms with Crippen LogP contribution >= 0.6 is 45.2 Å². The van der Waals surface area contributed by atoms with Crippen LogP contribution in [0.3, 0.4) is 0 Å². The largest absolute Gasteiger partial charge is 0.459 e. The molecular weight excluding hydrogens is 590 g/mol. The summed E-state index contributed by atoms with van der Waals surface area (Å²) in [6, 6.07) is 0. The van der Waals surface area contributed by atoms with Crippen LogP contribution in [0.1, 0.15) is 78.6 Å². The van der Waals surface area contributed by atoms with Crippen molar-refractivity contribution in [3.63, 3.8) is 0 Å². The zero-order valence-corrected chi connectivity index (χ0v) is 22.7. The normalized spacial score (nSPS) is 40.9. The van der Waals surface area contributed by atoms with Crippen LogP contribution in [0.5, 0.6) is 0 Å². The lowest BCUT2D eigenvalue weighted by atomic mass is 9.79. The van der Waals surface area contributed by atoms with Gasteiger partial charge in [0, 0.05) is 8.86 Å². The number of halogens is 2. The Labute approximate surface area is 205 Å². The Bertz CT molecular complexity index is 554. The fraction of sp³-hybridized carbons (Fsp3) is 0.958. The third-order valence-corrected chi connectivity index (χ3v) is 10.9. The molecule has 0 aliphatic heterocycles. The molecular formula is C24H40I2O3. The van der Waals surface area contributed by atoms with Crippen LogP contribution in [-0.4, -0.2) is 31.6 Å². The summed E-state index contributed by atoms with van der Waals surface area (Å²) in [5.41, 5.74) is -0.273. The number of fused-ring (bicyclic) bond motifs is 2. The molecule has 9 atom stereocenters. The SMILES string of the molecule is CCC(CC(O)CC(=O)OC1(C)CC2CCC1C2)CC1C(CI)CC(CI)C1C. The lowest BCUT2D eigenvalue weighted by Crippen LogP contribution is -2.38. The van der Waals surface area contributed by atoms with E-state index in [-0.39, 0.29) is 18.0 Å². The van der Waals surface area contributed by atoms with E-state index in [4.69, 9.17) is 4.74 Å². The number of ether oxygens (including phenoxy) is 1. The molecule has 5 heteroatoms. The van der Waals surface area contributed by atoms with Gasteiger partial charge in [0.25, 0.3) is 0 Å². The fourth-order valence-corrected chi connectivity index (χ4v) is 8.98. The third kappa shape index (κ3) is 5.82. The molecule has 3 aliphatic rings. The van der Waals surface area contributed by atoms with E-state index in [1.165, 1.54) is 41.0 Å². The van der Waals surface area contributed by atoms with Gasteiger partial charge in [0.05, 0.1) is 12.5 Å². The van der Waals surface area contributed by atoms with Crippen molar-refractivity contribution in [2.75, 3.05) is 8.86 Å². The Morgan fingerprint density at radius 3 is 2.48 bits per heavy atom. The van der Waals surface area contributed by atoms with E-state index >= 15 is 0 Å². The minimum atomic E-state index is -0.565. The molecule has 3 aliphatic carbocycles. The number of rotatable bonds is 10. The second kappa shape index (κ2) is 10.7. The van der Waals surface area contributed by atoms with Crippen molar-refractivity contribution >= 4 is 51.2 Å². The van der Waals surface area contributed by atoms with Gasteiger partial charge in [-0.2, -0.15) is 0 Å². The van der Waals surface area contributed by atoms with Crippen LogP contribution in [0.4, 0.5) is 0 Å². The first-order valence-electron chi connectivity index (χ1n) is 11.8. The topological polar surface area (TPSA) is 46.5 Å². The summed E-state index contributed by atoms with van der Waals surface area (Å²) >= 11 is 5.11. The molecule has 29 heavy (non-hydrogen) atoms. The quantitative estimate of drug-likeness (QED) is 0.172. The average Bonchev–Trinajstić information content (AvgIpc) is 3.34. The highest BCUT2D eigenvalue weighted by molar-refractivity contribution is 14.1. The first-order chi connectivity index (χ1) is 13.8. The highest BCUT2D eigenvalue weighted by Gasteiger charge is 2.50. The van der Waals surface area contributed by atoms with Crippen LogP contribution in [0.2, 0.25) is 0 Å². The standard InChI is InChI=1S/C24H40I2O3/c1-4-16(9-22-15(2)18(13-25)10-19(22)14-26)8-21(27)11-23(28)29-24(3)12-17-5-6-20(24)7-17/h15-22,27H,4-14H2,1-3H3. The zero-order valence-electron chi connectivity index (χ0n) is 18.4. The second-order valence-electron chi connectivity index (χ2n) is 10.6. The lowest BCUT2D eigenvalue weighted by molar-refractivity contribution is -0.165. The summed E-state index contributed by atoms with van der Waals surface area (Å²) in [4.78, 5) is 12.6. The van der Waals surface area contributed by atoms with E-state index in [1.54, 1.807) is 0 Å². The molecule has 168 valence electrons. The smallest absolute Gasteiger partial charge is 0.308 e. The Morgan fingerprint density at radius 1 is 1.21 bits per heavy atom. The Balaban J connectivity index is 1.48. The van der Waals surface area contributed by atoms with Gasteiger partial charge in [-0.05, 0) is 93.3 Å². The van der Waals surface area contributed by atoms with Gasteiger partial charge in [-0.25, -0.2) is 0 Å².